The molecular weight excluding hydrogens is 245 g/mol. The molecule has 16 heavy (non-hydrogen) atoms. The molecule has 0 radical (unpaired) electrons. The third kappa shape index (κ3) is 4.36. The van der Waals surface area contributed by atoms with Gasteiger partial charge >= 0.3 is 6.18 Å². The first-order chi connectivity index (χ1) is 7.40. The summed E-state index contributed by atoms with van der Waals surface area (Å²) in [6.07, 6.45) is -5.36. The molecule has 0 atom stereocenters. The van der Waals surface area contributed by atoms with E-state index in [4.69, 9.17) is 21.6 Å². The summed E-state index contributed by atoms with van der Waals surface area (Å²) in [7, 11) is 0. The van der Waals surface area contributed by atoms with Crippen molar-refractivity contribution in [1.29, 1.82) is 5.26 Å². The molecule has 0 aromatic carbocycles. The Balaban J connectivity index is 2.61. The topological polar surface area (TPSA) is 45.9 Å². The maximum atomic E-state index is 11.8. The molecule has 0 saturated heterocycles. The molecule has 3 nitrogen and oxygen atoms in total. The van der Waals surface area contributed by atoms with Crippen molar-refractivity contribution in [3.63, 3.8) is 0 Å². The van der Waals surface area contributed by atoms with Crippen LogP contribution >= 0.6 is 11.6 Å². The summed E-state index contributed by atoms with van der Waals surface area (Å²) in [6, 6.07) is 4.30. The fraction of sp³-hybridized carbons (Fsp3) is 0.333. The third-order valence-corrected chi connectivity index (χ3v) is 1.73. The molecule has 0 aliphatic heterocycles. The molecule has 1 rings (SSSR count). The molecule has 0 bridgehead atoms. The standard InChI is InChI=1S/C9H6ClF3N2O/c10-7-3-6(5-14)4-8(15-7)16-2-1-9(11,12)13/h3-4H,1-2H2. The first-order valence-electron chi connectivity index (χ1n) is 4.18. The Bertz CT molecular complexity index is 414. The van der Waals surface area contributed by atoms with Crippen molar-refractivity contribution in [2.24, 2.45) is 0 Å². The lowest BCUT2D eigenvalue weighted by Crippen LogP contribution is -2.13. The molecule has 86 valence electrons. The first kappa shape index (κ1) is 12.6. The van der Waals surface area contributed by atoms with Gasteiger partial charge in [-0.1, -0.05) is 11.6 Å². The summed E-state index contributed by atoms with van der Waals surface area (Å²) in [5.74, 6) is -0.0895. The predicted octanol–water partition coefficient (Wildman–Crippen LogP) is 2.94. The highest BCUT2D eigenvalue weighted by Crippen LogP contribution is 2.21. The van der Waals surface area contributed by atoms with Crippen LogP contribution in [0.1, 0.15) is 12.0 Å². The number of aromatic nitrogens is 1. The molecule has 0 N–H and O–H groups in total. The Morgan fingerprint density at radius 3 is 2.69 bits per heavy atom. The number of rotatable bonds is 3. The lowest BCUT2D eigenvalue weighted by molar-refractivity contribution is -0.139. The van der Waals surface area contributed by atoms with E-state index in [0.29, 0.717) is 0 Å². The van der Waals surface area contributed by atoms with Crippen molar-refractivity contribution in [1.82, 2.24) is 4.98 Å². The van der Waals surface area contributed by atoms with Crippen LogP contribution < -0.4 is 4.74 Å². The van der Waals surface area contributed by atoms with Gasteiger partial charge in [0.25, 0.3) is 0 Å². The van der Waals surface area contributed by atoms with Crippen LogP contribution in [0.15, 0.2) is 12.1 Å². The minimum absolute atomic E-state index is 0.000980. The molecule has 7 heteroatoms. The van der Waals surface area contributed by atoms with Gasteiger partial charge in [-0.15, -0.1) is 0 Å². The lowest BCUT2D eigenvalue weighted by Gasteiger charge is -2.08. The van der Waals surface area contributed by atoms with Gasteiger partial charge in [-0.3, -0.25) is 0 Å². The zero-order valence-corrected chi connectivity index (χ0v) is 8.64. The Morgan fingerprint density at radius 1 is 1.44 bits per heavy atom. The molecule has 1 heterocycles. The SMILES string of the molecule is N#Cc1cc(Cl)nc(OCCC(F)(F)F)c1. The molecule has 0 fully saturated rings. The quantitative estimate of drug-likeness (QED) is 0.775. The van der Waals surface area contributed by atoms with Crippen LogP contribution in [0.2, 0.25) is 5.15 Å². The summed E-state index contributed by atoms with van der Waals surface area (Å²) in [5, 5.41) is 8.57. The summed E-state index contributed by atoms with van der Waals surface area (Å²) in [5.41, 5.74) is 0.182. The predicted molar refractivity (Wildman–Crippen MR) is 50.1 cm³/mol. The fourth-order valence-electron chi connectivity index (χ4n) is 0.883. The molecule has 0 saturated carbocycles. The smallest absolute Gasteiger partial charge is 0.392 e. The van der Waals surface area contributed by atoms with Gasteiger partial charge < -0.3 is 4.74 Å². The molecular formula is C9H6ClF3N2O. The van der Waals surface area contributed by atoms with Gasteiger partial charge in [0.15, 0.2) is 0 Å². The van der Waals surface area contributed by atoms with E-state index in [1.807, 2.05) is 0 Å². The average Bonchev–Trinajstić information content (AvgIpc) is 2.14. The normalized spacial score (nSPS) is 10.9. The first-order valence-corrected chi connectivity index (χ1v) is 4.56. The number of pyridine rings is 1. The summed E-state index contributed by atoms with van der Waals surface area (Å²) in [4.78, 5) is 3.63. The van der Waals surface area contributed by atoms with Crippen molar-refractivity contribution in [3.05, 3.63) is 22.8 Å². The number of nitrogens with zero attached hydrogens (tertiary/aromatic N) is 2. The third-order valence-electron chi connectivity index (χ3n) is 1.54. The van der Waals surface area contributed by atoms with Crippen LogP contribution in [0, 0.1) is 11.3 Å². The van der Waals surface area contributed by atoms with Crippen LogP contribution in [0.3, 0.4) is 0 Å². The van der Waals surface area contributed by atoms with Crippen LogP contribution in [0.5, 0.6) is 5.88 Å². The maximum Gasteiger partial charge on any atom is 0.392 e. The molecule has 0 spiro atoms. The second-order valence-electron chi connectivity index (χ2n) is 2.84. The van der Waals surface area contributed by atoms with E-state index in [0.717, 1.165) is 0 Å². The summed E-state index contributed by atoms with van der Waals surface area (Å²) >= 11 is 5.53. The fourth-order valence-corrected chi connectivity index (χ4v) is 1.08. The minimum Gasteiger partial charge on any atom is -0.477 e. The van der Waals surface area contributed by atoms with Crippen LogP contribution in [-0.2, 0) is 0 Å². The zero-order chi connectivity index (χ0) is 12.2. The molecule has 1 aromatic rings. The van der Waals surface area contributed by atoms with Gasteiger partial charge in [0.1, 0.15) is 5.15 Å². The van der Waals surface area contributed by atoms with Gasteiger partial charge in [-0.25, -0.2) is 4.98 Å². The van der Waals surface area contributed by atoms with Crippen molar-refractivity contribution in [3.8, 4) is 11.9 Å². The Hall–Kier alpha value is -1.48. The van der Waals surface area contributed by atoms with E-state index in [-0.39, 0.29) is 16.6 Å². The van der Waals surface area contributed by atoms with E-state index in [9.17, 15) is 13.2 Å². The van der Waals surface area contributed by atoms with Crippen molar-refractivity contribution < 1.29 is 17.9 Å². The number of nitriles is 1. The number of alkyl halides is 3. The maximum absolute atomic E-state index is 11.8. The Morgan fingerprint density at radius 2 is 2.12 bits per heavy atom. The van der Waals surface area contributed by atoms with E-state index in [1.54, 1.807) is 6.07 Å². The van der Waals surface area contributed by atoms with E-state index in [2.05, 4.69) is 4.98 Å². The summed E-state index contributed by atoms with van der Waals surface area (Å²) in [6.45, 7) is -0.554. The lowest BCUT2D eigenvalue weighted by atomic mass is 10.3. The van der Waals surface area contributed by atoms with Crippen molar-refractivity contribution in [2.45, 2.75) is 12.6 Å². The average molecular weight is 251 g/mol. The van der Waals surface area contributed by atoms with Gasteiger partial charge in [0.2, 0.25) is 5.88 Å². The van der Waals surface area contributed by atoms with Gasteiger partial charge in [-0.2, -0.15) is 18.4 Å². The second-order valence-corrected chi connectivity index (χ2v) is 3.23. The van der Waals surface area contributed by atoms with Crippen LogP contribution in [-0.4, -0.2) is 17.8 Å². The van der Waals surface area contributed by atoms with E-state index in [1.165, 1.54) is 12.1 Å². The van der Waals surface area contributed by atoms with E-state index >= 15 is 0 Å². The van der Waals surface area contributed by atoms with Crippen LogP contribution in [0.4, 0.5) is 13.2 Å². The van der Waals surface area contributed by atoms with Crippen molar-refractivity contribution in [2.75, 3.05) is 6.61 Å². The Labute approximate surface area is 94.4 Å². The highest BCUT2D eigenvalue weighted by molar-refractivity contribution is 6.29. The van der Waals surface area contributed by atoms with Crippen LogP contribution in [0.25, 0.3) is 0 Å². The number of hydrogen-bond donors (Lipinski definition) is 0. The highest BCUT2D eigenvalue weighted by atomic mass is 35.5. The van der Waals surface area contributed by atoms with Gasteiger partial charge in [-0.05, 0) is 6.07 Å². The van der Waals surface area contributed by atoms with E-state index < -0.39 is 19.2 Å². The highest BCUT2D eigenvalue weighted by Gasteiger charge is 2.26. The summed E-state index contributed by atoms with van der Waals surface area (Å²) < 4.78 is 40.2. The minimum atomic E-state index is -4.28. The number of halogens is 4. The number of hydrogen-bond acceptors (Lipinski definition) is 3. The zero-order valence-electron chi connectivity index (χ0n) is 7.88. The number of ether oxygens (including phenoxy) is 1. The Kier molecular flexibility index (Phi) is 3.96. The molecule has 1 aromatic heterocycles. The van der Waals surface area contributed by atoms with Gasteiger partial charge in [0, 0.05) is 6.07 Å². The molecule has 0 aliphatic rings. The van der Waals surface area contributed by atoms with Gasteiger partial charge in [0.05, 0.1) is 24.7 Å². The molecule has 0 unspecified atom stereocenters. The largest absolute Gasteiger partial charge is 0.477 e. The molecule has 0 aliphatic carbocycles. The molecule has 0 amide bonds. The second kappa shape index (κ2) is 5.03. The van der Waals surface area contributed by atoms with Crippen molar-refractivity contribution >= 4 is 11.6 Å². The monoisotopic (exact) mass is 250 g/mol.